The van der Waals surface area contributed by atoms with Crippen LogP contribution in [0.15, 0.2) is 23.8 Å². The molecule has 0 bridgehead atoms. The monoisotopic (exact) mass is 305 g/mol. The Kier molecular flexibility index (Phi) is 4.96. The zero-order chi connectivity index (χ0) is 15.5. The fourth-order valence-electron chi connectivity index (χ4n) is 2.39. The van der Waals surface area contributed by atoms with E-state index in [2.05, 4.69) is 23.8 Å². The fraction of sp³-hybridized carbons (Fsp3) is 0.500. The van der Waals surface area contributed by atoms with Gasteiger partial charge in [0.15, 0.2) is 0 Å². The van der Waals surface area contributed by atoms with Crippen LogP contribution in [0.3, 0.4) is 0 Å². The van der Waals surface area contributed by atoms with Crippen LogP contribution in [0.2, 0.25) is 0 Å². The Morgan fingerprint density at radius 1 is 1.43 bits per heavy atom. The van der Waals surface area contributed by atoms with Gasteiger partial charge in [-0.25, -0.2) is 4.98 Å². The molecule has 2 rings (SSSR count). The van der Waals surface area contributed by atoms with Gasteiger partial charge in [0.05, 0.1) is 5.38 Å². The third-order valence-electron chi connectivity index (χ3n) is 3.16. The van der Waals surface area contributed by atoms with E-state index in [9.17, 15) is 0 Å². The molecule has 0 unspecified atom stereocenters. The number of aromatic nitrogens is 2. The van der Waals surface area contributed by atoms with Gasteiger partial charge in [-0.3, -0.25) is 4.98 Å². The summed E-state index contributed by atoms with van der Waals surface area (Å²) >= 11 is 1.58. The summed E-state index contributed by atoms with van der Waals surface area (Å²) in [6, 6.07) is 1.98. The quantitative estimate of drug-likeness (QED) is 0.885. The fourth-order valence-corrected chi connectivity index (χ4v) is 3.22. The predicted octanol–water partition coefficient (Wildman–Crippen LogP) is 3.66. The molecule has 0 aliphatic carbocycles. The third-order valence-corrected chi connectivity index (χ3v) is 4.01. The number of nitrogens with two attached hydrogens (primary N) is 1. The van der Waals surface area contributed by atoms with Gasteiger partial charge in [0.25, 0.3) is 0 Å². The molecule has 0 aromatic carbocycles. The second-order valence-electron chi connectivity index (χ2n) is 6.22. The lowest BCUT2D eigenvalue weighted by atomic mass is 9.93. The van der Waals surface area contributed by atoms with Crippen molar-refractivity contribution in [1.82, 2.24) is 9.97 Å². The molecule has 0 aliphatic heterocycles. The molecule has 4 nitrogen and oxygen atoms in total. The standard InChI is InChI=1S/C16H23N3OS/c1-11(2)7-16(4,17)10-20-14-9-21-15(19-14)13-5-6-18-8-12(13)3/h5-6,8-9,11H,7,10,17H2,1-4H3/t16-/m0/s1. The van der Waals surface area contributed by atoms with E-state index in [1.54, 1.807) is 17.5 Å². The summed E-state index contributed by atoms with van der Waals surface area (Å²) < 4.78 is 5.77. The van der Waals surface area contributed by atoms with E-state index in [1.807, 2.05) is 31.5 Å². The lowest BCUT2D eigenvalue weighted by Gasteiger charge is -2.25. The maximum absolute atomic E-state index is 6.25. The number of thiazole rings is 1. The molecule has 1 atom stereocenters. The van der Waals surface area contributed by atoms with Crippen molar-refractivity contribution in [2.75, 3.05) is 6.61 Å². The second kappa shape index (κ2) is 6.54. The molecule has 0 spiro atoms. The van der Waals surface area contributed by atoms with Crippen LogP contribution >= 0.6 is 11.3 Å². The van der Waals surface area contributed by atoms with Gasteiger partial charge >= 0.3 is 0 Å². The van der Waals surface area contributed by atoms with Crippen LogP contribution in [0.5, 0.6) is 5.88 Å². The molecule has 0 saturated carbocycles. The summed E-state index contributed by atoms with van der Waals surface area (Å²) in [7, 11) is 0. The summed E-state index contributed by atoms with van der Waals surface area (Å²) in [4.78, 5) is 8.64. The van der Waals surface area contributed by atoms with Gasteiger partial charge in [0.2, 0.25) is 5.88 Å². The van der Waals surface area contributed by atoms with Crippen molar-refractivity contribution in [3.63, 3.8) is 0 Å². The van der Waals surface area contributed by atoms with E-state index >= 15 is 0 Å². The average molecular weight is 305 g/mol. The first-order valence-electron chi connectivity index (χ1n) is 7.15. The number of pyridine rings is 1. The van der Waals surface area contributed by atoms with Crippen LogP contribution in [0.4, 0.5) is 0 Å². The van der Waals surface area contributed by atoms with Crippen LogP contribution in [-0.2, 0) is 0 Å². The van der Waals surface area contributed by atoms with Crippen LogP contribution in [-0.4, -0.2) is 22.1 Å². The Balaban J connectivity index is 2.03. The average Bonchev–Trinajstić information content (AvgIpc) is 2.84. The van der Waals surface area contributed by atoms with Gasteiger partial charge in [-0.15, -0.1) is 11.3 Å². The molecule has 0 fully saturated rings. The highest BCUT2D eigenvalue weighted by atomic mass is 32.1. The van der Waals surface area contributed by atoms with Gasteiger partial charge < -0.3 is 10.5 Å². The molecule has 2 aromatic heterocycles. The third kappa shape index (κ3) is 4.51. The van der Waals surface area contributed by atoms with Gasteiger partial charge in [0.1, 0.15) is 11.6 Å². The van der Waals surface area contributed by atoms with E-state index in [0.29, 0.717) is 18.4 Å². The highest BCUT2D eigenvalue weighted by Gasteiger charge is 2.21. The van der Waals surface area contributed by atoms with Gasteiger partial charge in [-0.1, -0.05) is 13.8 Å². The molecule has 0 radical (unpaired) electrons. The number of ether oxygens (including phenoxy) is 1. The number of rotatable bonds is 6. The van der Waals surface area contributed by atoms with E-state index < -0.39 is 0 Å². The second-order valence-corrected chi connectivity index (χ2v) is 7.08. The van der Waals surface area contributed by atoms with Crippen molar-refractivity contribution in [3.8, 4) is 16.5 Å². The number of nitrogens with zero attached hydrogens (tertiary/aromatic N) is 2. The summed E-state index contributed by atoms with van der Waals surface area (Å²) in [6.07, 6.45) is 4.55. The molecular formula is C16H23N3OS. The molecule has 2 heterocycles. The molecule has 5 heteroatoms. The van der Waals surface area contributed by atoms with E-state index in [4.69, 9.17) is 10.5 Å². The molecule has 2 N–H and O–H groups in total. The van der Waals surface area contributed by atoms with E-state index in [1.165, 1.54) is 0 Å². The Morgan fingerprint density at radius 2 is 2.19 bits per heavy atom. The lowest BCUT2D eigenvalue weighted by Crippen LogP contribution is -2.43. The van der Waals surface area contributed by atoms with Crippen molar-refractivity contribution < 1.29 is 4.74 Å². The van der Waals surface area contributed by atoms with Gasteiger partial charge in [0, 0.05) is 23.5 Å². The minimum Gasteiger partial charge on any atom is -0.475 e. The Morgan fingerprint density at radius 3 is 2.86 bits per heavy atom. The Hall–Kier alpha value is -1.46. The largest absolute Gasteiger partial charge is 0.475 e. The summed E-state index contributed by atoms with van der Waals surface area (Å²) in [5.74, 6) is 1.20. The van der Waals surface area contributed by atoms with Crippen LogP contribution in [0.1, 0.15) is 32.8 Å². The predicted molar refractivity (Wildman–Crippen MR) is 87.6 cm³/mol. The smallest absolute Gasteiger partial charge is 0.225 e. The number of hydrogen-bond donors (Lipinski definition) is 1. The maximum Gasteiger partial charge on any atom is 0.225 e. The normalized spacial score (nSPS) is 14.2. The molecule has 114 valence electrons. The van der Waals surface area contributed by atoms with Crippen molar-refractivity contribution in [2.24, 2.45) is 11.7 Å². The molecular weight excluding hydrogens is 282 g/mol. The van der Waals surface area contributed by atoms with Crippen molar-refractivity contribution in [3.05, 3.63) is 29.4 Å². The highest BCUT2D eigenvalue weighted by molar-refractivity contribution is 7.13. The Labute approximate surface area is 130 Å². The van der Waals surface area contributed by atoms with Crippen molar-refractivity contribution in [1.29, 1.82) is 0 Å². The number of aryl methyl sites for hydroxylation is 1. The summed E-state index contributed by atoms with van der Waals surface area (Å²) in [6.45, 7) is 8.86. The zero-order valence-corrected chi connectivity index (χ0v) is 13.9. The topological polar surface area (TPSA) is 61.0 Å². The maximum atomic E-state index is 6.25. The van der Waals surface area contributed by atoms with E-state index in [0.717, 1.165) is 22.6 Å². The van der Waals surface area contributed by atoms with Crippen LogP contribution in [0.25, 0.3) is 10.6 Å². The summed E-state index contributed by atoms with van der Waals surface area (Å²) in [5, 5.41) is 2.88. The Bertz CT molecular complexity index is 593. The summed E-state index contributed by atoms with van der Waals surface area (Å²) in [5.41, 5.74) is 8.13. The first-order valence-corrected chi connectivity index (χ1v) is 8.03. The van der Waals surface area contributed by atoms with Gasteiger partial charge in [-0.2, -0.15) is 0 Å². The molecule has 0 saturated heterocycles. The molecule has 21 heavy (non-hydrogen) atoms. The molecule has 0 aliphatic rings. The van der Waals surface area contributed by atoms with Crippen LogP contribution in [0, 0.1) is 12.8 Å². The number of hydrogen-bond acceptors (Lipinski definition) is 5. The van der Waals surface area contributed by atoms with Crippen molar-refractivity contribution >= 4 is 11.3 Å². The SMILES string of the molecule is Cc1cnccc1-c1nc(OC[C@@](C)(N)CC(C)C)cs1. The molecule has 2 aromatic rings. The van der Waals surface area contributed by atoms with Crippen molar-refractivity contribution in [2.45, 2.75) is 39.7 Å². The lowest BCUT2D eigenvalue weighted by molar-refractivity contribution is 0.202. The minimum atomic E-state index is -0.329. The van der Waals surface area contributed by atoms with Crippen LogP contribution < -0.4 is 10.5 Å². The minimum absolute atomic E-state index is 0.329. The zero-order valence-electron chi connectivity index (χ0n) is 13.1. The first-order chi connectivity index (χ1) is 9.87. The first kappa shape index (κ1) is 15.9. The highest BCUT2D eigenvalue weighted by Crippen LogP contribution is 2.29. The van der Waals surface area contributed by atoms with Gasteiger partial charge in [-0.05, 0) is 37.8 Å². The molecule has 0 amide bonds. The van der Waals surface area contributed by atoms with E-state index in [-0.39, 0.29) is 5.54 Å².